The molecule has 0 saturated carbocycles. The number of hydrogen-bond acceptors (Lipinski definition) is 4. The van der Waals surface area contributed by atoms with E-state index in [9.17, 15) is 9.59 Å². The van der Waals surface area contributed by atoms with Gasteiger partial charge in [-0.2, -0.15) is 4.99 Å². The van der Waals surface area contributed by atoms with Crippen LogP contribution in [-0.4, -0.2) is 18.3 Å². The van der Waals surface area contributed by atoms with Crippen molar-refractivity contribution in [2.75, 3.05) is 5.32 Å². The smallest absolute Gasteiger partial charge is 0.411 e. The molecule has 1 unspecified atom stereocenters. The van der Waals surface area contributed by atoms with Crippen molar-refractivity contribution < 1.29 is 14.3 Å². The highest BCUT2D eigenvalue weighted by Gasteiger charge is 2.20. The maximum atomic E-state index is 12.6. The second kappa shape index (κ2) is 12.3. The third-order valence-corrected chi connectivity index (χ3v) is 6.17. The summed E-state index contributed by atoms with van der Waals surface area (Å²) in [6.45, 7) is 8.30. The van der Waals surface area contributed by atoms with Crippen LogP contribution in [0.4, 0.5) is 16.2 Å². The van der Waals surface area contributed by atoms with Crippen molar-refractivity contribution in [3.05, 3.63) is 94.0 Å². The van der Waals surface area contributed by atoms with Gasteiger partial charge in [0, 0.05) is 17.1 Å². The summed E-state index contributed by atoms with van der Waals surface area (Å²) in [4.78, 5) is 26.5. The standard InChI is InChI=1S/C29H31ClN2O3/c1-19(2)26-14-9-23(16-27(26)30)17-28(20(3)4)35-29(34)32-25-12-7-22(8-13-25)15-21-5-10-24(11-6-21)31-18-33/h5-14,16,19-20,28H,15,17H2,1-4H3,(H,32,34). The van der Waals surface area contributed by atoms with Crippen LogP contribution in [0.15, 0.2) is 71.7 Å². The topological polar surface area (TPSA) is 67.8 Å². The summed E-state index contributed by atoms with van der Waals surface area (Å²) in [5, 5.41) is 3.57. The van der Waals surface area contributed by atoms with E-state index in [-0.39, 0.29) is 12.0 Å². The lowest BCUT2D eigenvalue weighted by Crippen LogP contribution is -2.28. The summed E-state index contributed by atoms with van der Waals surface area (Å²) in [6, 6.07) is 21.1. The molecule has 1 amide bonds. The van der Waals surface area contributed by atoms with Crippen molar-refractivity contribution in [2.24, 2.45) is 10.9 Å². The molecule has 0 aliphatic heterocycles. The number of isocyanates is 1. The number of carbonyl (C=O) groups excluding carboxylic acids is 2. The third kappa shape index (κ3) is 7.81. The van der Waals surface area contributed by atoms with Crippen molar-refractivity contribution in [3.8, 4) is 0 Å². The molecule has 3 aromatic carbocycles. The van der Waals surface area contributed by atoms with Gasteiger partial charge in [-0.05, 0) is 70.8 Å². The molecule has 0 aromatic heterocycles. The van der Waals surface area contributed by atoms with Crippen molar-refractivity contribution in [2.45, 2.75) is 52.6 Å². The number of halogens is 1. The van der Waals surface area contributed by atoms with Gasteiger partial charge >= 0.3 is 6.09 Å². The number of carbonyl (C=O) groups is 1. The van der Waals surface area contributed by atoms with Gasteiger partial charge < -0.3 is 4.74 Å². The van der Waals surface area contributed by atoms with Crippen LogP contribution in [0.25, 0.3) is 0 Å². The van der Waals surface area contributed by atoms with Gasteiger partial charge in [0.1, 0.15) is 6.10 Å². The Morgan fingerprint density at radius 3 is 2.09 bits per heavy atom. The summed E-state index contributed by atoms with van der Waals surface area (Å²) >= 11 is 6.45. The Balaban J connectivity index is 1.57. The van der Waals surface area contributed by atoms with Crippen LogP contribution < -0.4 is 5.32 Å². The average Bonchev–Trinajstić information content (AvgIpc) is 2.81. The largest absolute Gasteiger partial charge is 0.445 e. The molecule has 0 radical (unpaired) electrons. The lowest BCUT2D eigenvalue weighted by molar-refractivity contribution is 0.0824. The second-order valence-electron chi connectivity index (χ2n) is 9.27. The van der Waals surface area contributed by atoms with Gasteiger partial charge in [0.15, 0.2) is 0 Å². The monoisotopic (exact) mass is 490 g/mol. The highest BCUT2D eigenvalue weighted by molar-refractivity contribution is 6.31. The highest BCUT2D eigenvalue weighted by Crippen LogP contribution is 2.27. The van der Waals surface area contributed by atoms with Crippen LogP contribution in [0, 0.1) is 5.92 Å². The van der Waals surface area contributed by atoms with Gasteiger partial charge in [0.2, 0.25) is 6.08 Å². The first-order valence-corrected chi connectivity index (χ1v) is 12.1. The van der Waals surface area contributed by atoms with Gasteiger partial charge in [-0.3, -0.25) is 5.32 Å². The number of nitrogens with zero attached hydrogens (tertiary/aromatic N) is 1. The number of aliphatic imine (C=N–C) groups is 1. The number of ether oxygens (including phenoxy) is 1. The predicted molar refractivity (Wildman–Crippen MR) is 141 cm³/mol. The summed E-state index contributed by atoms with van der Waals surface area (Å²) in [6.07, 6.45) is 2.10. The van der Waals surface area contributed by atoms with Gasteiger partial charge in [-0.15, -0.1) is 0 Å². The molecule has 0 spiro atoms. The SMILES string of the molecule is CC(C)c1ccc(CC(OC(=O)Nc2ccc(Cc3ccc(N=C=O)cc3)cc2)C(C)C)cc1Cl. The van der Waals surface area contributed by atoms with Crippen LogP contribution in [-0.2, 0) is 22.4 Å². The fraction of sp³-hybridized carbons (Fsp3) is 0.310. The van der Waals surface area contributed by atoms with E-state index in [2.05, 4.69) is 36.3 Å². The molecule has 0 bridgehead atoms. The van der Waals surface area contributed by atoms with E-state index in [0.29, 0.717) is 23.7 Å². The van der Waals surface area contributed by atoms with Crippen LogP contribution in [0.2, 0.25) is 5.02 Å². The number of nitrogens with one attached hydrogen (secondary N) is 1. The number of rotatable bonds is 9. The van der Waals surface area contributed by atoms with Crippen molar-refractivity contribution in [1.29, 1.82) is 0 Å². The first-order chi connectivity index (χ1) is 16.7. The van der Waals surface area contributed by atoms with E-state index in [1.807, 2.05) is 56.3 Å². The molecule has 3 rings (SSSR count). The van der Waals surface area contributed by atoms with E-state index in [1.165, 1.54) is 6.08 Å². The minimum atomic E-state index is -0.479. The fourth-order valence-corrected chi connectivity index (χ4v) is 4.20. The van der Waals surface area contributed by atoms with E-state index in [0.717, 1.165) is 33.7 Å². The van der Waals surface area contributed by atoms with Gasteiger partial charge in [0.05, 0.1) is 5.69 Å². The first kappa shape index (κ1) is 26.2. The Bertz CT molecular complexity index is 1180. The van der Waals surface area contributed by atoms with E-state index < -0.39 is 6.09 Å². The molecule has 3 aromatic rings. The lowest BCUT2D eigenvalue weighted by atomic mass is 9.96. The lowest BCUT2D eigenvalue weighted by Gasteiger charge is -2.22. The normalized spacial score (nSPS) is 11.7. The van der Waals surface area contributed by atoms with Crippen LogP contribution in [0.1, 0.15) is 55.9 Å². The molecule has 1 atom stereocenters. The van der Waals surface area contributed by atoms with Crippen molar-refractivity contribution in [1.82, 2.24) is 0 Å². The van der Waals surface area contributed by atoms with E-state index >= 15 is 0 Å². The molecule has 0 heterocycles. The average molecular weight is 491 g/mol. The zero-order valence-electron chi connectivity index (χ0n) is 20.5. The number of anilines is 1. The zero-order chi connectivity index (χ0) is 25.4. The molecule has 1 N–H and O–H groups in total. The molecule has 0 aliphatic carbocycles. The van der Waals surface area contributed by atoms with Gasteiger partial charge in [-0.25, -0.2) is 9.59 Å². The summed E-state index contributed by atoms with van der Waals surface area (Å²) < 4.78 is 5.76. The summed E-state index contributed by atoms with van der Waals surface area (Å²) in [7, 11) is 0. The molecule has 5 nitrogen and oxygen atoms in total. The predicted octanol–water partition coefficient (Wildman–Crippen LogP) is 7.84. The number of hydrogen-bond donors (Lipinski definition) is 1. The molecule has 0 saturated heterocycles. The first-order valence-electron chi connectivity index (χ1n) is 11.8. The Morgan fingerprint density at radius 1 is 0.943 bits per heavy atom. The zero-order valence-corrected chi connectivity index (χ0v) is 21.3. The molecule has 35 heavy (non-hydrogen) atoms. The van der Waals surface area contributed by atoms with E-state index in [1.54, 1.807) is 12.1 Å². The molecular weight excluding hydrogens is 460 g/mol. The van der Waals surface area contributed by atoms with Crippen LogP contribution in [0.3, 0.4) is 0 Å². The molecule has 0 aliphatic rings. The summed E-state index contributed by atoms with van der Waals surface area (Å²) in [5.74, 6) is 0.504. The molecule has 6 heteroatoms. The maximum absolute atomic E-state index is 12.6. The van der Waals surface area contributed by atoms with E-state index in [4.69, 9.17) is 16.3 Å². The molecular formula is C29H31ClN2O3. The van der Waals surface area contributed by atoms with Gasteiger partial charge in [-0.1, -0.05) is 75.7 Å². The Hall–Kier alpha value is -3.40. The third-order valence-electron chi connectivity index (χ3n) is 5.85. The minimum absolute atomic E-state index is 0.148. The highest BCUT2D eigenvalue weighted by atomic mass is 35.5. The fourth-order valence-electron chi connectivity index (χ4n) is 3.78. The maximum Gasteiger partial charge on any atom is 0.411 e. The quantitative estimate of drug-likeness (QED) is 0.245. The molecule has 0 fully saturated rings. The number of amides is 1. The van der Waals surface area contributed by atoms with Crippen molar-refractivity contribution >= 4 is 35.1 Å². The van der Waals surface area contributed by atoms with Crippen molar-refractivity contribution in [3.63, 3.8) is 0 Å². The summed E-state index contributed by atoms with van der Waals surface area (Å²) in [5.41, 5.74) is 5.59. The minimum Gasteiger partial charge on any atom is -0.445 e. The second-order valence-corrected chi connectivity index (χ2v) is 9.68. The van der Waals surface area contributed by atoms with Gasteiger partial charge in [0.25, 0.3) is 0 Å². The van der Waals surface area contributed by atoms with Crippen LogP contribution >= 0.6 is 11.6 Å². The Morgan fingerprint density at radius 2 is 1.54 bits per heavy atom. The van der Waals surface area contributed by atoms with Crippen LogP contribution in [0.5, 0.6) is 0 Å². The Labute approximate surface area is 212 Å². The number of benzene rings is 3. The Kier molecular flexibility index (Phi) is 9.25. The molecule has 182 valence electrons.